The van der Waals surface area contributed by atoms with Gasteiger partial charge in [0.2, 0.25) is 0 Å². The van der Waals surface area contributed by atoms with Gasteiger partial charge in [0, 0.05) is 18.4 Å². The van der Waals surface area contributed by atoms with E-state index in [4.69, 9.17) is 19.5 Å². The second-order valence-electron chi connectivity index (χ2n) is 4.90. The van der Waals surface area contributed by atoms with Gasteiger partial charge in [-0.15, -0.1) is 0 Å². The molecule has 1 aromatic rings. The van der Waals surface area contributed by atoms with Gasteiger partial charge in [0.05, 0.1) is 19.6 Å². The lowest BCUT2D eigenvalue weighted by atomic mass is 10.1. The zero-order valence-electron chi connectivity index (χ0n) is 12.3. The van der Waals surface area contributed by atoms with Crippen molar-refractivity contribution in [3.63, 3.8) is 0 Å². The van der Waals surface area contributed by atoms with Crippen molar-refractivity contribution < 1.29 is 23.8 Å². The minimum Gasteiger partial charge on any atom is -0.490 e. The standard InChI is InChI=1S/C16H17NO5/c1-11(10-17)22-16(19)6-4-13(18)12-3-5-14-15(9-12)21-8-2-7-20-14/h3,5,9,11H,2,4,6-8H2,1H3/t11-/m0/s1. The Bertz CT molecular complexity index is 605. The maximum Gasteiger partial charge on any atom is 0.307 e. The van der Waals surface area contributed by atoms with Crippen LogP contribution in [0.2, 0.25) is 0 Å². The third-order valence-electron chi connectivity index (χ3n) is 3.12. The number of nitrogens with zero attached hydrogens (tertiary/aromatic N) is 1. The minimum atomic E-state index is -0.805. The monoisotopic (exact) mass is 303 g/mol. The Labute approximate surface area is 128 Å². The number of ketones is 1. The van der Waals surface area contributed by atoms with Crippen LogP contribution in [0.3, 0.4) is 0 Å². The molecule has 1 aromatic carbocycles. The zero-order valence-corrected chi connectivity index (χ0v) is 12.3. The first-order chi connectivity index (χ1) is 10.6. The van der Waals surface area contributed by atoms with E-state index in [1.807, 2.05) is 0 Å². The van der Waals surface area contributed by atoms with Crippen molar-refractivity contribution in [3.05, 3.63) is 23.8 Å². The molecule has 0 spiro atoms. The SMILES string of the molecule is C[C@@H](C#N)OC(=O)CCC(=O)c1ccc2c(c1)OCCCO2. The van der Waals surface area contributed by atoms with Crippen molar-refractivity contribution in [2.45, 2.75) is 32.3 Å². The Morgan fingerprint density at radius 3 is 2.73 bits per heavy atom. The quantitative estimate of drug-likeness (QED) is 0.612. The molecule has 0 aliphatic carbocycles. The maximum absolute atomic E-state index is 12.1. The third-order valence-corrected chi connectivity index (χ3v) is 3.12. The predicted octanol–water partition coefficient (Wildman–Crippen LogP) is 2.27. The van der Waals surface area contributed by atoms with E-state index < -0.39 is 12.1 Å². The molecule has 6 nitrogen and oxygen atoms in total. The lowest BCUT2D eigenvalue weighted by Crippen LogP contribution is -2.14. The zero-order chi connectivity index (χ0) is 15.9. The summed E-state index contributed by atoms with van der Waals surface area (Å²) < 4.78 is 15.8. The highest BCUT2D eigenvalue weighted by Gasteiger charge is 2.16. The van der Waals surface area contributed by atoms with Crippen LogP contribution in [0.25, 0.3) is 0 Å². The lowest BCUT2D eigenvalue weighted by molar-refractivity contribution is -0.145. The Morgan fingerprint density at radius 1 is 1.27 bits per heavy atom. The summed E-state index contributed by atoms with van der Waals surface area (Å²) in [6.07, 6.45) is -0.0442. The van der Waals surface area contributed by atoms with Gasteiger partial charge in [-0.05, 0) is 25.1 Å². The van der Waals surface area contributed by atoms with Gasteiger partial charge in [-0.2, -0.15) is 5.26 Å². The molecule has 0 fully saturated rings. The molecule has 2 rings (SSSR count). The van der Waals surface area contributed by atoms with Crippen molar-refractivity contribution in [1.29, 1.82) is 5.26 Å². The summed E-state index contributed by atoms with van der Waals surface area (Å²) in [5, 5.41) is 8.55. The second kappa shape index (κ2) is 7.46. The van der Waals surface area contributed by atoms with Gasteiger partial charge in [0.1, 0.15) is 6.07 Å². The molecule has 0 amide bonds. The molecule has 116 valence electrons. The minimum absolute atomic E-state index is 0.0244. The fraction of sp³-hybridized carbons (Fsp3) is 0.438. The van der Waals surface area contributed by atoms with Crippen LogP contribution in [0.5, 0.6) is 11.5 Å². The van der Waals surface area contributed by atoms with Crippen LogP contribution in [-0.2, 0) is 9.53 Å². The fourth-order valence-corrected chi connectivity index (χ4v) is 1.98. The Kier molecular flexibility index (Phi) is 5.37. The number of fused-ring (bicyclic) bond motifs is 1. The molecular weight excluding hydrogens is 286 g/mol. The van der Waals surface area contributed by atoms with E-state index >= 15 is 0 Å². The molecule has 0 bridgehead atoms. The number of benzene rings is 1. The van der Waals surface area contributed by atoms with Gasteiger partial charge in [0.25, 0.3) is 0 Å². The highest BCUT2D eigenvalue weighted by molar-refractivity contribution is 5.98. The van der Waals surface area contributed by atoms with Gasteiger partial charge in [-0.1, -0.05) is 0 Å². The molecule has 1 atom stereocenters. The molecule has 0 aromatic heterocycles. The molecular formula is C16H17NO5. The Balaban J connectivity index is 1.94. The summed E-state index contributed by atoms with van der Waals surface area (Å²) in [4.78, 5) is 23.6. The molecule has 0 unspecified atom stereocenters. The number of nitriles is 1. The second-order valence-corrected chi connectivity index (χ2v) is 4.90. The molecule has 0 radical (unpaired) electrons. The number of Topliss-reactive ketones (excluding diaryl/α,β-unsaturated/α-hetero) is 1. The van der Waals surface area contributed by atoms with E-state index in [0.29, 0.717) is 30.3 Å². The molecule has 0 saturated carbocycles. The molecule has 1 aliphatic rings. The molecule has 1 heterocycles. The van der Waals surface area contributed by atoms with E-state index in [0.717, 1.165) is 6.42 Å². The fourth-order valence-electron chi connectivity index (χ4n) is 1.98. The van der Waals surface area contributed by atoms with Crippen LogP contribution in [0.15, 0.2) is 18.2 Å². The summed E-state index contributed by atoms with van der Waals surface area (Å²) >= 11 is 0. The van der Waals surface area contributed by atoms with Gasteiger partial charge in [-0.25, -0.2) is 0 Å². The summed E-state index contributed by atoms with van der Waals surface area (Å²) in [6, 6.07) is 6.78. The Morgan fingerprint density at radius 2 is 2.00 bits per heavy atom. The number of rotatable bonds is 5. The lowest BCUT2D eigenvalue weighted by Gasteiger charge is -2.09. The molecule has 6 heteroatoms. The first kappa shape index (κ1) is 15.8. The van der Waals surface area contributed by atoms with E-state index in [9.17, 15) is 9.59 Å². The van der Waals surface area contributed by atoms with E-state index in [1.54, 1.807) is 24.3 Å². The average Bonchev–Trinajstić information content (AvgIpc) is 2.76. The van der Waals surface area contributed by atoms with Gasteiger partial charge in [0.15, 0.2) is 23.4 Å². The van der Waals surface area contributed by atoms with Crippen LogP contribution < -0.4 is 9.47 Å². The van der Waals surface area contributed by atoms with Gasteiger partial charge in [-0.3, -0.25) is 9.59 Å². The van der Waals surface area contributed by atoms with E-state index in [-0.39, 0.29) is 18.6 Å². The van der Waals surface area contributed by atoms with Crippen LogP contribution >= 0.6 is 0 Å². The van der Waals surface area contributed by atoms with Crippen molar-refractivity contribution in [2.24, 2.45) is 0 Å². The molecule has 22 heavy (non-hydrogen) atoms. The normalized spacial score (nSPS) is 14.4. The van der Waals surface area contributed by atoms with Crippen molar-refractivity contribution in [2.75, 3.05) is 13.2 Å². The van der Waals surface area contributed by atoms with Crippen LogP contribution in [0.4, 0.5) is 0 Å². The summed E-state index contributed by atoms with van der Waals surface area (Å²) in [5.74, 6) is 0.425. The average molecular weight is 303 g/mol. The van der Waals surface area contributed by atoms with Gasteiger partial charge >= 0.3 is 5.97 Å². The van der Waals surface area contributed by atoms with Crippen molar-refractivity contribution in [1.82, 2.24) is 0 Å². The summed E-state index contributed by atoms with van der Waals surface area (Å²) in [6.45, 7) is 2.61. The maximum atomic E-state index is 12.1. The van der Waals surface area contributed by atoms with Crippen LogP contribution in [0, 0.1) is 11.3 Å². The van der Waals surface area contributed by atoms with Gasteiger partial charge < -0.3 is 14.2 Å². The molecule has 0 saturated heterocycles. The number of carbonyl (C=O) groups excluding carboxylic acids is 2. The number of esters is 1. The molecule has 0 N–H and O–H groups in total. The first-order valence-electron chi connectivity index (χ1n) is 7.12. The van der Waals surface area contributed by atoms with Crippen LogP contribution in [-0.4, -0.2) is 31.1 Å². The molecule has 1 aliphatic heterocycles. The van der Waals surface area contributed by atoms with E-state index in [1.165, 1.54) is 6.92 Å². The highest BCUT2D eigenvalue weighted by Crippen LogP contribution is 2.30. The Hall–Kier alpha value is -2.55. The summed E-state index contributed by atoms with van der Waals surface area (Å²) in [5.41, 5.74) is 0.463. The smallest absolute Gasteiger partial charge is 0.307 e. The topological polar surface area (TPSA) is 85.6 Å². The van der Waals surface area contributed by atoms with Crippen molar-refractivity contribution >= 4 is 11.8 Å². The predicted molar refractivity (Wildman–Crippen MR) is 76.8 cm³/mol. The number of carbonyl (C=O) groups is 2. The number of hydrogen-bond acceptors (Lipinski definition) is 6. The van der Waals surface area contributed by atoms with Crippen LogP contribution in [0.1, 0.15) is 36.5 Å². The number of hydrogen-bond donors (Lipinski definition) is 0. The summed E-state index contributed by atoms with van der Waals surface area (Å²) in [7, 11) is 0. The number of ether oxygens (including phenoxy) is 3. The third kappa shape index (κ3) is 4.22. The highest BCUT2D eigenvalue weighted by atomic mass is 16.5. The first-order valence-corrected chi connectivity index (χ1v) is 7.12. The van der Waals surface area contributed by atoms with Crippen molar-refractivity contribution in [3.8, 4) is 17.6 Å². The van der Waals surface area contributed by atoms with E-state index in [2.05, 4.69) is 0 Å². The largest absolute Gasteiger partial charge is 0.490 e.